The van der Waals surface area contributed by atoms with Crippen molar-refractivity contribution in [3.8, 4) is 0 Å². The quantitative estimate of drug-likeness (QED) is 0.748. The van der Waals surface area contributed by atoms with Crippen LogP contribution < -0.4 is 0 Å². The average molecular weight is 227 g/mol. The molecule has 0 aliphatic rings. The molecule has 0 saturated heterocycles. The molecule has 0 aliphatic carbocycles. The summed E-state index contributed by atoms with van der Waals surface area (Å²) >= 11 is 0. The number of aryl methyl sites for hydroxylation is 3. The summed E-state index contributed by atoms with van der Waals surface area (Å²) in [6.45, 7) is 1.91. The van der Waals surface area contributed by atoms with E-state index in [2.05, 4.69) is 15.0 Å². The fourth-order valence-electron chi connectivity index (χ4n) is 2.02. The minimum atomic E-state index is 0.800. The van der Waals surface area contributed by atoms with Crippen LogP contribution >= 0.6 is 0 Å². The van der Waals surface area contributed by atoms with Crippen LogP contribution in [0, 0.1) is 6.92 Å². The maximum atomic E-state index is 5.33. The van der Waals surface area contributed by atoms with Gasteiger partial charge >= 0.3 is 0 Å². The highest BCUT2D eigenvalue weighted by molar-refractivity contribution is 5.77. The molecule has 0 unspecified atom stereocenters. The van der Waals surface area contributed by atoms with Gasteiger partial charge in [-0.1, -0.05) is 0 Å². The van der Waals surface area contributed by atoms with Crippen LogP contribution in [0.5, 0.6) is 0 Å². The average Bonchev–Trinajstić information content (AvgIpc) is 2.95. The van der Waals surface area contributed by atoms with Gasteiger partial charge < -0.3 is 9.40 Å². The normalized spacial score (nSPS) is 11.1. The number of nitrogens with one attached hydrogen (secondary N) is 1. The van der Waals surface area contributed by atoms with Gasteiger partial charge in [0.2, 0.25) is 0 Å². The topological polar surface area (TPSA) is 54.7 Å². The molecule has 3 rings (SSSR count). The molecule has 3 aromatic rings. The monoisotopic (exact) mass is 227 g/mol. The van der Waals surface area contributed by atoms with Crippen LogP contribution in [-0.4, -0.2) is 15.0 Å². The van der Waals surface area contributed by atoms with Gasteiger partial charge in [-0.05, 0) is 31.5 Å². The smallest absolute Gasteiger partial charge is 0.141 e. The number of aromatic amines is 1. The highest BCUT2D eigenvalue weighted by Crippen LogP contribution is 2.16. The van der Waals surface area contributed by atoms with E-state index in [1.807, 2.05) is 31.3 Å². The molecule has 0 fully saturated rings. The van der Waals surface area contributed by atoms with Crippen LogP contribution in [0.3, 0.4) is 0 Å². The highest BCUT2D eigenvalue weighted by Gasteiger charge is 2.07. The maximum Gasteiger partial charge on any atom is 0.141 e. The van der Waals surface area contributed by atoms with E-state index >= 15 is 0 Å². The molecule has 0 saturated carbocycles. The van der Waals surface area contributed by atoms with Crippen molar-refractivity contribution in [2.45, 2.75) is 19.8 Å². The second kappa shape index (κ2) is 4.05. The molecule has 86 valence electrons. The van der Waals surface area contributed by atoms with Crippen molar-refractivity contribution in [2.75, 3.05) is 0 Å². The number of furan rings is 1. The minimum Gasteiger partial charge on any atom is -0.469 e. The number of H-pyrrole nitrogens is 1. The number of hydrogen-bond donors (Lipinski definition) is 1. The first-order chi connectivity index (χ1) is 8.33. The van der Waals surface area contributed by atoms with Gasteiger partial charge in [-0.3, -0.25) is 0 Å². The van der Waals surface area contributed by atoms with E-state index < -0.39 is 0 Å². The number of aromatic nitrogens is 3. The molecule has 0 bridgehead atoms. The SMILES string of the molecule is Cc1nc(CCc2ccco2)c2cc[nH]c2n1. The second-order valence-corrected chi connectivity index (χ2v) is 4.04. The molecule has 0 amide bonds. The standard InChI is InChI=1S/C13H13N3O/c1-9-15-12(5-4-10-3-2-8-17-10)11-6-7-14-13(11)16-9/h2-3,6-8H,4-5H2,1H3,(H,14,15,16). The number of fused-ring (bicyclic) bond motifs is 1. The Bertz CT molecular complexity index is 625. The predicted molar refractivity (Wildman–Crippen MR) is 64.7 cm³/mol. The molecule has 1 N–H and O–H groups in total. The molecule has 0 aromatic carbocycles. The number of rotatable bonds is 3. The Hall–Kier alpha value is -2.10. The minimum absolute atomic E-state index is 0.800. The summed E-state index contributed by atoms with van der Waals surface area (Å²) in [7, 11) is 0. The summed E-state index contributed by atoms with van der Waals surface area (Å²) in [5.74, 6) is 1.79. The Morgan fingerprint density at radius 2 is 2.18 bits per heavy atom. The third-order valence-corrected chi connectivity index (χ3v) is 2.79. The predicted octanol–water partition coefficient (Wildman–Crippen LogP) is 2.64. The van der Waals surface area contributed by atoms with E-state index in [4.69, 9.17) is 4.42 Å². The molecule has 3 aromatic heterocycles. The van der Waals surface area contributed by atoms with Gasteiger partial charge in [-0.15, -0.1) is 0 Å². The second-order valence-electron chi connectivity index (χ2n) is 4.04. The third-order valence-electron chi connectivity index (χ3n) is 2.79. The molecule has 0 spiro atoms. The van der Waals surface area contributed by atoms with Crippen molar-refractivity contribution in [1.29, 1.82) is 0 Å². The van der Waals surface area contributed by atoms with E-state index in [0.29, 0.717) is 0 Å². The summed E-state index contributed by atoms with van der Waals surface area (Å²) in [5.41, 5.74) is 1.98. The lowest BCUT2D eigenvalue weighted by Crippen LogP contribution is -1.98. The van der Waals surface area contributed by atoms with Gasteiger partial charge in [-0.25, -0.2) is 9.97 Å². The highest BCUT2D eigenvalue weighted by atomic mass is 16.3. The van der Waals surface area contributed by atoms with Crippen molar-refractivity contribution >= 4 is 11.0 Å². The Morgan fingerprint density at radius 1 is 1.24 bits per heavy atom. The number of nitrogens with zero attached hydrogens (tertiary/aromatic N) is 2. The molecule has 4 nitrogen and oxygen atoms in total. The number of hydrogen-bond acceptors (Lipinski definition) is 3. The van der Waals surface area contributed by atoms with Crippen molar-refractivity contribution in [3.05, 3.63) is 47.9 Å². The summed E-state index contributed by atoms with van der Waals surface area (Å²) in [6, 6.07) is 5.92. The fourth-order valence-corrected chi connectivity index (χ4v) is 2.02. The van der Waals surface area contributed by atoms with Crippen LogP contribution in [0.1, 0.15) is 17.3 Å². The van der Waals surface area contributed by atoms with Gasteiger partial charge in [0, 0.05) is 18.0 Å². The van der Waals surface area contributed by atoms with Crippen molar-refractivity contribution in [1.82, 2.24) is 15.0 Å². The molecule has 0 aliphatic heterocycles. The molecular formula is C13H13N3O. The first-order valence-electron chi connectivity index (χ1n) is 5.66. The van der Waals surface area contributed by atoms with Crippen LogP contribution in [0.15, 0.2) is 35.1 Å². The summed E-state index contributed by atoms with van der Waals surface area (Å²) in [5, 5.41) is 1.10. The Labute approximate surface area is 98.7 Å². The molecular weight excluding hydrogens is 214 g/mol. The zero-order valence-corrected chi connectivity index (χ0v) is 9.60. The zero-order chi connectivity index (χ0) is 11.7. The molecule has 0 atom stereocenters. The summed E-state index contributed by atoms with van der Waals surface area (Å²) < 4.78 is 5.33. The van der Waals surface area contributed by atoms with Crippen LogP contribution in [0.25, 0.3) is 11.0 Å². The van der Waals surface area contributed by atoms with E-state index in [1.54, 1.807) is 6.26 Å². The Balaban J connectivity index is 1.91. The third kappa shape index (κ3) is 1.93. The fraction of sp³-hybridized carbons (Fsp3) is 0.231. The van der Waals surface area contributed by atoms with Crippen molar-refractivity contribution in [3.63, 3.8) is 0 Å². The van der Waals surface area contributed by atoms with Gasteiger partial charge in [0.05, 0.1) is 12.0 Å². The Morgan fingerprint density at radius 3 is 3.00 bits per heavy atom. The van der Waals surface area contributed by atoms with E-state index in [0.717, 1.165) is 41.2 Å². The lowest BCUT2D eigenvalue weighted by atomic mass is 10.1. The van der Waals surface area contributed by atoms with Crippen LogP contribution in [0.2, 0.25) is 0 Å². The van der Waals surface area contributed by atoms with E-state index in [9.17, 15) is 0 Å². The zero-order valence-electron chi connectivity index (χ0n) is 9.60. The van der Waals surface area contributed by atoms with Gasteiger partial charge in [0.15, 0.2) is 0 Å². The van der Waals surface area contributed by atoms with Gasteiger partial charge in [0.1, 0.15) is 17.2 Å². The van der Waals surface area contributed by atoms with Crippen molar-refractivity contribution in [2.24, 2.45) is 0 Å². The Kier molecular flexibility index (Phi) is 2.40. The molecule has 17 heavy (non-hydrogen) atoms. The first-order valence-corrected chi connectivity index (χ1v) is 5.66. The van der Waals surface area contributed by atoms with Crippen LogP contribution in [0.4, 0.5) is 0 Å². The van der Waals surface area contributed by atoms with Gasteiger partial charge in [0.25, 0.3) is 0 Å². The van der Waals surface area contributed by atoms with Crippen LogP contribution in [-0.2, 0) is 12.8 Å². The summed E-state index contributed by atoms with van der Waals surface area (Å²) in [4.78, 5) is 12.0. The maximum absolute atomic E-state index is 5.33. The van der Waals surface area contributed by atoms with Gasteiger partial charge in [-0.2, -0.15) is 0 Å². The lowest BCUT2D eigenvalue weighted by Gasteiger charge is -2.02. The first kappa shape index (κ1) is 10.1. The van der Waals surface area contributed by atoms with Crippen molar-refractivity contribution < 1.29 is 4.42 Å². The lowest BCUT2D eigenvalue weighted by molar-refractivity contribution is 0.508. The largest absolute Gasteiger partial charge is 0.469 e. The molecule has 3 heterocycles. The summed E-state index contributed by atoms with van der Waals surface area (Å²) in [6.07, 6.45) is 5.33. The van der Waals surface area contributed by atoms with E-state index in [1.165, 1.54) is 0 Å². The molecule has 0 radical (unpaired) electrons. The van der Waals surface area contributed by atoms with E-state index in [-0.39, 0.29) is 0 Å². The molecule has 4 heteroatoms.